The number of alkyl halides is 3. The Morgan fingerprint density at radius 2 is 1.90 bits per heavy atom. The number of aryl methyl sites for hydroxylation is 1. The number of hydrogen-bond donors (Lipinski definition) is 1. The van der Waals surface area contributed by atoms with Crippen LogP contribution >= 0.6 is 0 Å². The maximum absolute atomic E-state index is 12.4. The van der Waals surface area contributed by atoms with Crippen molar-refractivity contribution in [2.75, 3.05) is 11.9 Å². The van der Waals surface area contributed by atoms with Crippen LogP contribution in [0.4, 0.5) is 19.1 Å². The van der Waals surface area contributed by atoms with Crippen LogP contribution in [-0.2, 0) is 12.7 Å². The quantitative estimate of drug-likeness (QED) is 0.822. The molecule has 9 heteroatoms. The molecule has 0 aliphatic rings. The van der Waals surface area contributed by atoms with Crippen molar-refractivity contribution in [2.24, 2.45) is 0 Å². The molecule has 2 aromatic rings. The van der Waals surface area contributed by atoms with Crippen molar-refractivity contribution in [3.63, 3.8) is 0 Å². The summed E-state index contributed by atoms with van der Waals surface area (Å²) in [6.45, 7) is 1.27. The molecule has 20 heavy (non-hydrogen) atoms. The summed E-state index contributed by atoms with van der Waals surface area (Å²) >= 11 is 0. The van der Waals surface area contributed by atoms with E-state index in [4.69, 9.17) is 0 Å². The molecule has 0 aliphatic heterocycles. The second-order valence-electron chi connectivity index (χ2n) is 4.10. The minimum absolute atomic E-state index is 0.0101. The van der Waals surface area contributed by atoms with E-state index in [2.05, 4.69) is 25.5 Å². The molecule has 0 amide bonds. The molecule has 2 rings (SSSR count). The van der Waals surface area contributed by atoms with Crippen molar-refractivity contribution in [3.8, 4) is 0 Å². The minimum atomic E-state index is -4.45. The number of unbranched alkanes of at least 4 members (excludes halogenated alkanes) is 1. The van der Waals surface area contributed by atoms with Gasteiger partial charge in [0.05, 0.1) is 0 Å². The number of aromatic nitrogens is 5. The van der Waals surface area contributed by atoms with E-state index in [1.54, 1.807) is 12.7 Å². The molecule has 6 nitrogen and oxygen atoms in total. The lowest BCUT2D eigenvalue weighted by Crippen LogP contribution is -2.12. The predicted octanol–water partition coefficient (Wildman–Crippen LogP) is 1.98. The fourth-order valence-electron chi connectivity index (χ4n) is 1.56. The lowest BCUT2D eigenvalue weighted by molar-refractivity contribution is -0.141. The summed E-state index contributed by atoms with van der Waals surface area (Å²) in [5.41, 5.74) is -0.945. The molecule has 0 aliphatic carbocycles. The standard InChI is InChI=1S/C11H13F3N6/c12-11(13,14)9-3-5-16-10(19-9)15-4-1-2-6-20-7-17-18-8-20/h3,5,7-8H,1-2,4,6H2,(H,15,16,19). The normalized spacial score (nSPS) is 11.6. The van der Waals surface area contributed by atoms with Gasteiger partial charge in [-0.2, -0.15) is 13.2 Å². The zero-order valence-electron chi connectivity index (χ0n) is 10.5. The molecule has 2 heterocycles. The topological polar surface area (TPSA) is 68.5 Å². The molecule has 0 radical (unpaired) electrons. The van der Waals surface area contributed by atoms with Crippen LogP contribution in [0.1, 0.15) is 18.5 Å². The van der Waals surface area contributed by atoms with Gasteiger partial charge in [0, 0.05) is 19.3 Å². The highest BCUT2D eigenvalue weighted by molar-refractivity contribution is 5.25. The lowest BCUT2D eigenvalue weighted by atomic mass is 10.3. The Morgan fingerprint density at radius 3 is 2.60 bits per heavy atom. The van der Waals surface area contributed by atoms with Crippen LogP contribution in [0.15, 0.2) is 24.9 Å². The molecular weight excluding hydrogens is 273 g/mol. The monoisotopic (exact) mass is 286 g/mol. The Morgan fingerprint density at radius 1 is 1.15 bits per heavy atom. The van der Waals surface area contributed by atoms with Crippen LogP contribution in [0.5, 0.6) is 0 Å². The fourth-order valence-corrected chi connectivity index (χ4v) is 1.56. The van der Waals surface area contributed by atoms with Crippen LogP contribution in [0.3, 0.4) is 0 Å². The van der Waals surface area contributed by atoms with E-state index < -0.39 is 11.9 Å². The first-order valence-electron chi connectivity index (χ1n) is 6.02. The van der Waals surface area contributed by atoms with Crippen LogP contribution in [-0.4, -0.2) is 31.3 Å². The van der Waals surface area contributed by atoms with Gasteiger partial charge in [-0.25, -0.2) is 9.97 Å². The van der Waals surface area contributed by atoms with Gasteiger partial charge in [0.2, 0.25) is 5.95 Å². The molecule has 0 unspecified atom stereocenters. The van der Waals surface area contributed by atoms with Gasteiger partial charge in [-0.3, -0.25) is 0 Å². The van der Waals surface area contributed by atoms with E-state index >= 15 is 0 Å². The highest BCUT2D eigenvalue weighted by Crippen LogP contribution is 2.27. The van der Waals surface area contributed by atoms with E-state index in [1.807, 2.05) is 4.57 Å². The van der Waals surface area contributed by atoms with E-state index in [0.717, 1.165) is 31.6 Å². The maximum atomic E-state index is 12.4. The average molecular weight is 286 g/mol. The molecule has 2 aromatic heterocycles. The summed E-state index contributed by atoms with van der Waals surface area (Å²) < 4.78 is 39.1. The van der Waals surface area contributed by atoms with Gasteiger partial charge >= 0.3 is 6.18 Å². The summed E-state index contributed by atoms with van der Waals surface area (Å²) in [5.74, 6) is -0.0101. The van der Waals surface area contributed by atoms with Crippen molar-refractivity contribution >= 4 is 5.95 Å². The Bertz CT molecular complexity index is 525. The first kappa shape index (κ1) is 14.2. The minimum Gasteiger partial charge on any atom is -0.354 e. The SMILES string of the molecule is FC(F)(F)c1ccnc(NCCCCn2cnnc2)n1. The highest BCUT2D eigenvalue weighted by Gasteiger charge is 2.32. The van der Waals surface area contributed by atoms with Gasteiger partial charge in [0.1, 0.15) is 18.3 Å². The largest absolute Gasteiger partial charge is 0.433 e. The average Bonchev–Trinajstić information content (AvgIpc) is 2.91. The molecule has 0 atom stereocenters. The van der Waals surface area contributed by atoms with Gasteiger partial charge in [-0.05, 0) is 18.9 Å². The fraction of sp³-hybridized carbons (Fsp3) is 0.455. The van der Waals surface area contributed by atoms with Crippen molar-refractivity contribution in [2.45, 2.75) is 25.6 Å². The summed E-state index contributed by atoms with van der Waals surface area (Å²) in [7, 11) is 0. The number of halogens is 3. The Kier molecular flexibility index (Phi) is 4.49. The molecule has 108 valence electrons. The number of anilines is 1. The third-order valence-electron chi connectivity index (χ3n) is 2.54. The van der Waals surface area contributed by atoms with E-state index in [-0.39, 0.29) is 5.95 Å². The summed E-state index contributed by atoms with van der Waals surface area (Å²) in [4.78, 5) is 7.17. The Labute approximate surface area is 113 Å². The van der Waals surface area contributed by atoms with Gasteiger partial charge in [-0.15, -0.1) is 10.2 Å². The molecule has 0 aromatic carbocycles. The number of hydrogen-bond acceptors (Lipinski definition) is 5. The van der Waals surface area contributed by atoms with Crippen molar-refractivity contribution < 1.29 is 13.2 Å². The van der Waals surface area contributed by atoms with Gasteiger partial charge in [-0.1, -0.05) is 0 Å². The summed E-state index contributed by atoms with van der Waals surface area (Å²) in [6.07, 6.45) is 1.50. The zero-order chi connectivity index (χ0) is 14.4. The van der Waals surface area contributed by atoms with Crippen molar-refractivity contribution in [3.05, 3.63) is 30.6 Å². The number of nitrogens with zero attached hydrogens (tertiary/aromatic N) is 5. The van der Waals surface area contributed by atoms with E-state index in [0.29, 0.717) is 6.54 Å². The Hall–Kier alpha value is -2.19. The van der Waals surface area contributed by atoms with Crippen LogP contribution < -0.4 is 5.32 Å². The summed E-state index contributed by atoms with van der Waals surface area (Å²) in [5, 5.41) is 10.1. The third-order valence-corrected chi connectivity index (χ3v) is 2.54. The van der Waals surface area contributed by atoms with E-state index in [1.165, 1.54) is 0 Å². The van der Waals surface area contributed by atoms with Crippen LogP contribution in [0.2, 0.25) is 0 Å². The number of rotatable bonds is 6. The first-order valence-corrected chi connectivity index (χ1v) is 6.02. The number of nitrogens with one attached hydrogen (secondary N) is 1. The van der Waals surface area contributed by atoms with Crippen molar-refractivity contribution in [1.82, 2.24) is 24.7 Å². The van der Waals surface area contributed by atoms with Gasteiger partial charge < -0.3 is 9.88 Å². The van der Waals surface area contributed by atoms with Crippen molar-refractivity contribution in [1.29, 1.82) is 0 Å². The second-order valence-corrected chi connectivity index (χ2v) is 4.10. The predicted molar refractivity (Wildman–Crippen MR) is 64.8 cm³/mol. The molecule has 0 saturated carbocycles. The first-order chi connectivity index (χ1) is 9.55. The third kappa shape index (κ3) is 4.18. The molecule has 1 N–H and O–H groups in total. The molecule has 0 spiro atoms. The summed E-state index contributed by atoms with van der Waals surface area (Å²) in [6, 6.07) is 0.844. The second kappa shape index (κ2) is 6.31. The molecular formula is C11H13F3N6. The smallest absolute Gasteiger partial charge is 0.354 e. The van der Waals surface area contributed by atoms with Crippen LogP contribution in [0.25, 0.3) is 0 Å². The molecule has 0 saturated heterocycles. The van der Waals surface area contributed by atoms with Gasteiger partial charge in [0.15, 0.2) is 0 Å². The van der Waals surface area contributed by atoms with Crippen LogP contribution in [0, 0.1) is 0 Å². The van der Waals surface area contributed by atoms with Gasteiger partial charge in [0.25, 0.3) is 0 Å². The Balaban J connectivity index is 1.74. The highest BCUT2D eigenvalue weighted by atomic mass is 19.4. The molecule has 0 bridgehead atoms. The van der Waals surface area contributed by atoms with E-state index in [9.17, 15) is 13.2 Å². The maximum Gasteiger partial charge on any atom is 0.433 e. The lowest BCUT2D eigenvalue weighted by Gasteiger charge is -2.08. The molecule has 0 fully saturated rings. The zero-order valence-corrected chi connectivity index (χ0v) is 10.5.